The molecule has 6 heteroatoms. The van der Waals surface area contributed by atoms with Crippen LogP contribution in [0.2, 0.25) is 0 Å². The lowest BCUT2D eigenvalue weighted by molar-refractivity contribution is 0.0714. The van der Waals surface area contributed by atoms with Crippen LogP contribution in [0.5, 0.6) is 5.75 Å². The van der Waals surface area contributed by atoms with E-state index < -0.39 is 6.04 Å². The lowest BCUT2D eigenvalue weighted by Gasteiger charge is -2.25. The molecule has 5 nitrogen and oxygen atoms in total. The molecule has 0 spiro atoms. The Labute approximate surface area is 180 Å². The summed E-state index contributed by atoms with van der Waals surface area (Å²) in [6.07, 6.45) is 0. The van der Waals surface area contributed by atoms with Crippen LogP contribution in [0.15, 0.2) is 86.5 Å². The average Bonchev–Trinajstić information content (AvgIpc) is 3.02. The lowest BCUT2D eigenvalue weighted by Crippen LogP contribution is -2.29. The van der Waals surface area contributed by atoms with Gasteiger partial charge in [0, 0.05) is 11.0 Å². The third kappa shape index (κ3) is 3.00. The molecule has 0 unspecified atom stereocenters. The van der Waals surface area contributed by atoms with Gasteiger partial charge in [0.05, 0.1) is 17.0 Å². The topological polar surface area (TPSA) is 70.8 Å². The molecule has 1 atom stereocenters. The molecule has 5 rings (SSSR count). The fourth-order valence-electron chi connectivity index (χ4n) is 3.98. The van der Waals surface area contributed by atoms with Gasteiger partial charge in [0.1, 0.15) is 11.3 Å². The maximum Gasteiger partial charge on any atom is 0.291 e. The Morgan fingerprint density at radius 1 is 0.967 bits per heavy atom. The quantitative estimate of drug-likeness (QED) is 0.465. The number of aromatic hydroxyl groups is 1. The van der Waals surface area contributed by atoms with Crippen LogP contribution in [0, 0.1) is 0 Å². The molecule has 1 N–H and O–H groups in total. The van der Waals surface area contributed by atoms with Crippen LogP contribution in [0.25, 0.3) is 11.0 Å². The summed E-state index contributed by atoms with van der Waals surface area (Å²) in [6.45, 7) is 0.309. The summed E-state index contributed by atoms with van der Waals surface area (Å²) in [5, 5.41) is 10.4. The van der Waals surface area contributed by atoms with Crippen molar-refractivity contribution in [2.24, 2.45) is 0 Å². The maximum atomic E-state index is 13.5. The predicted molar refractivity (Wildman–Crippen MR) is 116 cm³/mol. The Morgan fingerprint density at radius 2 is 1.77 bits per heavy atom. The number of phenolic OH excluding ortho intramolecular Hbond substituents is 1. The number of carbonyl (C=O) groups excluding carboxylic acids is 1. The van der Waals surface area contributed by atoms with Gasteiger partial charge in [-0.1, -0.05) is 58.4 Å². The molecule has 2 heterocycles. The Hall–Kier alpha value is -3.38. The molecule has 1 amide bonds. The standard InChI is InChI=1S/C24H16BrNO4/c25-16-9-10-19-18(12-16)22(28)20-21(15-7-4-8-17(27)11-15)26(24(29)23(20)30-19)13-14-5-2-1-3-6-14/h1-12,21,27H,13H2/t21-/m0/s1. The summed E-state index contributed by atoms with van der Waals surface area (Å²) in [5.74, 6) is -0.218. The molecule has 0 radical (unpaired) electrons. The van der Waals surface area contributed by atoms with Gasteiger partial charge in [-0.05, 0) is 41.5 Å². The van der Waals surface area contributed by atoms with E-state index in [0.29, 0.717) is 28.6 Å². The highest BCUT2D eigenvalue weighted by atomic mass is 79.9. The van der Waals surface area contributed by atoms with E-state index in [1.54, 1.807) is 47.4 Å². The van der Waals surface area contributed by atoms with Crippen LogP contribution in [0.4, 0.5) is 0 Å². The van der Waals surface area contributed by atoms with Crippen molar-refractivity contribution in [3.63, 3.8) is 0 Å². The largest absolute Gasteiger partial charge is 0.508 e. The second-order valence-corrected chi connectivity index (χ2v) is 8.15. The maximum absolute atomic E-state index is 13.5. The van der Waals surface area contributed by atoms with E-state index >= 15 is 0 Å². The third-order valence-electron chi connectivity index (χ3n) is 5.31. The average molecular weight is 462 g/mol. The first-order valence-corrected chi connectivity index (χ1v) is 10.2. The number of nitrogens with zero attached hydrogens (tertiary/aromatic N) is 1. The highest BCUT2D eigenvalue weighted by Crippen LogP contribution is 2.40. The van der Waals surface area contributed by atoms with E-state index in [-0.39, 0.29) is 22.8 Å². The molecule has 1 aliphatic heterocycles. The van der Waals surface area contributed by atoms with Crippen molar-refractivity contribution in [2.45, 2.75) is 12.6 Å². The smallest absolute Gasteiger partial charge is 0.291 e. The predicted octanol–water partition coefficient (Wildman–Crippen LogP) is 5.01. The van der Waals surface area contributed by atoms with E-state index in [1.165, 1.54) is 0 Å². The number of amides is 1. The van der Waals surface area contributed by atoms with E-state index in [1.807, 2.05) is 30.3 Å². The normalized spacial score (nSPS) is 15.6. The van der Waals surface area contributed by atoms with Gasteiger partial charge in [0.25, 0.3) is 5.91 Å². The van der Waals surface area contributed by atoms with Crippen molar-refractivity contribution >= 4 is 32.8 Å². The summed E-state index contributed by atoms with van der Waals surface area (Å²) in [6, 6.07) is 20.7. The Morgan fingerprint density at radius 3 is 2.53 bits per heavy atom. The fraction of sp³-hybridized carbons (Fsp3) is 0.0833. The summed E-state index contributed by atoms with van der Waals surface area (Å²) in [7, 11) is 0. The van der Waals surface area contributed by atoms with Crippen molar-refractivity contribution in [2.75, 3.05) is 0 Å². The van der Waals surface area contributed by atoms with Crippen molar-refractivity contribution in [3.05, 3.63) is 110 Å². The van der Waals surface area contributed by atoms with Crippen LogP contribution in [0.1, 0.15) is 33.3 Å². The zero-order valence-corrected chi connectivity index (χ0v) is 17.3. The van der Waals surface area contributed by atoms with Crippen molar-refractivity contribution in [1.82, 2.24) is 4.90 Å². The van der Waals surface area contributed by atoms with E-state index in [4.69, 9.17) is 4.42 Å². The first-order chi connectivity index (χ1) is 14.5. The minimum atomic E-state index is -0.653. The van der Waals surface area contributed by atoms with Crippen LogP contribution >= 0.6 is 15.9 Å². The summed E-state index contributed by atoms with van der Waals surface area (Å²) in [4.78, 5) is 28.4. The van der Waals surface area contributed by atoms with Crippen molar-refractivity contribution in [1.29, 1.82) is 0 Å². The van der Waals surface area contributed by atoms with Crippen molar-refractivity contribution in [3.8, 4) is 5.75 Å². The fourth-order valence-corrected chi connectivity index (χ4v) is 4.34. The molecular formula is C24H16BrNO4. The van der Waals surface area contributed by atoms with Gasteiger partial charge < -0.3 is 14.4 Å². The minimum Gasteiger partial charge on any atom is -0.508 e. The lowest BCUT2D eigenvalue weighted by atomic mass is 9.98. The SMILES string of the molecule is O=C1c2oc3ccc(Br)cc3c(=O)c2[C@H](c2cccc(O)c2)N1Cc1ccccc1. The number of carbonyl (C=O) groups is 1. The molecular weight excluding hydrogens is 446 g/mol. The van der Waals surface area contributed by atoms with Gasteiger partial charge in [0.2, 0.25) is 5.76 Å². The van der Waals surface area contributed by atoms with Crippen LogP contribution in [0.3, 0.4) is 0 Å². The van der Waals surface area contributed by atoms with Gasteiger partial charge in [-0.2, -0.15) is 0 Å². The first-order valence-electron chi connectivity index (χ1n) is 9.43. The highest BCUT2D eigenvalue weighted by molar-refractivity contribution is 9.10. The summed E-state index contributed by atoms with van der Waals surface area (Å²) < 4.78 is 6.68. The van der Waals surface area contributed by atoms with Gasteiger partial charge in [-0.25, -0.2) is 0 Å². The second kappa shape index (κ2) is 7.15. The Bertz CT molecular complexity index is 1350. The van der Waals surface area contributed by atoms with Gasteiger partial charge in [0.15, 0.2) is 5.43 Å². The molecule has 0 aliphatic carbocycles. The second-order valence-electron chi connectivity index (χ2n) is 7.23. The third-order valence-corrected chi connectivity index (χ3v) is 5.80. The molecule has 1 aliphatic rings. The van der Waals surface area contributed by atoms with Crippen LogP contribution in [-0.2, 0) is 6.54 Å². The number of rotatable bonds is 3. The molecule has 3 aromatic carbocycles. The molecule has 0 saturated heterocycles. The molecule has 148 valence electrons. The first kappa shape index (κ1) is 18.6. The van der Waals surface area contributed by atoms with E-state index in [0.717, 1.165) is 10.0 Å². The molecule has 0 fully saturated rings. The monoisotopic (exact) mass is 461 g/mol. The van der Waals surface area contributed by atoms with E-state index in [2.05, 4.69) is 15.9 Å². The highest BCUT2D eigenvalue weighted by Gasteiger charge is 2.42. The summed E-state index contributed by atoms with van der Waals surface area (Å²) in [5.41, 5.74) is 2.01. The zero-order valence-electron chi connectivity index (χ0n) is 15.7. The zero-order chi connectivity index (χ0) is 20.8. The van der Waals surface area contributed by atoms with Crippen LogP contribution in [-0.4, -0.2) is 15.9 Å². The molecule has 0 bridgehead atoms. The van der Waals surface area contributed by atoms with Gasteiger partial charge >= 0.3 is 0 Å². The Balaban J connectivity index is 1.75. The number of hydrogen-bond donors (Lipinski definition) is 1. The van der Waals surface area contributed by atoms with Gasteiger partial charge in [-0.15, -0.1) is 0 Å². The molecule has 30 heavy (non-hydrogen) atoms. The minimum absolute atomic E-state index is 0.0547. The molecule has 4 aromatic rings. The number of phenols is 1. The number of hydrogen-bond acceptors (Lipinski definition) is 4. The van der Waals surface area contributed by atoms with E-state index in [9.17, 15) is 14.7 Å². The molecule has 0 saturated carbocycles. The molecule has 1 aromatic heterocycles. The summed E-state index contributed by atoms with van der Waals surface area (Å²) >= 11 is 3.39. The van der Waals surface area contributed by atoms with Crippen molar-refractivity contribution < 1.29 is 14.3 Å². The number of halogens is 1. The van der Waals surface area contributed by atoms with Crippen LogP contribution < -0.4 is 5.43 Å². The number of benzene rings is 3. The Kier molecular flexibility index (Phi) is 4.44. The number of fused-ring (bicyclic) bond motifs is 2. The van der Waals surface area contributed by atoms with Gasteiger partial charge in [-0.3, -0.25) is 9.59 Å².